The van der Waals surface area contributed by atoms with E-state index < -0.39 is 0 Å². The SMILES string of the molecule is CCN(CC)C(=O)c1ccccc1CN1CCC(C(C)N2Cc3ccc(OC)c(OC)c3O2)CC1. The molecule has 7 heteroatoms. The van der Waals surface area contributed by atoms with Gasteiger partial charge in [-0.25, -0.2) is 0 Å². The Labute approximate surface area is 209 Å². The Morgan fingerprint density at radius 2 is 1.80 bits per heavy atom. The normalized spacial score (nSPS) is 17.5. The summed E-state index contributed by atoms with van der Waals surface area (Å²) in [6.07, 6.45) is 2.20. The van der Waals surface area contributed by atoms with Gasteiger partial charge in [0.05, 0.1) is 20.8 Å². The molecule has 0 aromatic heterocycles. The van der Waals surface area contributed by atoms with Gasteiger partial charge in [-0.1, -0.05) is 18.2 Å². The summed E-state index contributed by atoms with van der Waals surface area (Å²) in [5.74, 6) is 2.79. The molecule has 2 aliphatic heterocycles. The lowest BCUT2D eigenvalue weighted by Crippen LogP contribution is -2.43. The summed E-state index contributed by atoms with van der Waals surface area (Å²) in [6.45, 7) is 11.4. The number of nitrogens with zero attached hydrogens (tertiary/aromatic N) is 3. The second-order valence-corrected chi connectivity index (χ2v) is 9.44. The molecule has 0 spiro atoms. The molecule has 4 rings (SSSR count). The Bertz CT molecular complexity index is 1020. The van der Waals surface area contributed by atoms with Gasteiger partial charge < -0.3 is 19.2 Å². The summed E-state index contributed by atoms with van der Waals surface area (Å²) < 4.78 is 11.0. The summed E-state index contributed by atoms with van der Waals surface area (Å²) in [6, 6.07) is 12.4. The minimum absolute atomic E-state index is 0.131. The first-order valence-electron chi connectivity index (χ1n) is 12.8. The van der Waals surface area contributed by atoms with Crippen LogP contribution in [-0.2, 0) is 13.1 Å². The maximum atomic E-state index is 13.0. The van der Waals surface area contributed by atoms with E-state index in [1.165, 1.54) is 0 Å². The van der Waals surface area contributed by atoms with Crippen LogP contribution in [0.2, 0.25) is 0 Å². The molecule has 0 N–H and O–H groups in total. The van der Waals surface area contributed by atoms with Gasteiger partial charge in [0.2, 0.25) is 5.75 Å². The van der Waals surface area contributed by atoms with Crippen molar-refractivity contribution in [3.63, 3.8) is 0 Å². The monoisotopic (exact) mass is 481 g/mol. The summed E-state index contributed by atoms with van der Waals surface area (Å²) in [5, 5.41) is 2.09. The highest BCUT2D eigenvalue weighted by atomic mass is 16.7. The number of amides is 1. The molecule has 1 fully saturated rings. The van der Waals surface area contributed by atoms with Gasteiger partial charge in [0.25, 0.3) is 5.91 Å². The van der Waals surface area contributed by atoms with Gasteiger partial charge in [0.1, 0.15) is 0 Å². The van der Waals surface area contributed by atoms with Crippen LogP contribution in [0.1, 0.15) is 55.1 Å². The number of benzene rings is 2. The topological polar surface area (TPSA) is 54.5 Å². The predicted octanol–water partition coefficient (Wildman–Crippen LogP) is 4.60. The summed E-state index contributed by atoms with van der Waals surface area (Å²) in [4.78, 5) is 23.6. The number of hydrogen-bond donors (Lipinski definition) is 0. The lowest BCUT2D eigenvalue weighted by Gasteiger charge is -2.37. The Hall–Kier alpha value is -2.77. The van der Waals surface area contributed by atoms with Crippen molar-refractivity contribution in [2.45, 2.75) is 52.7 Å². The quantitative estimate of drug-likeness (QED) is 0.522. The van der Waals surface area contributed by atoms with Crippen molar-refractivity contribution in [2.75, 3.05) is 40.4 Å². The van der Waals surface area contributed by atoms with Crippen molar-refractivity contribution < 1.29 is 19.1 Å². The number of hydroxylamine groups is 2. The van der Waals surface area contributed by atoms with Crippen molar-refractivity contribution in [1.29, 1.82) is 0 Å². The molecular weight excluding hydrogens is 442 g/mol. The number of carbonyl (C=O) groups excluding carboxylic acids is 1. The average molecular weight is 482 g/mol. The maximum absolute atomic E-state index is 13.0. The number of rotatable bonds is 9. The van der Waals surface area contributed by atoms with E-state index >= 15 is 0 Å². The molecule has 35 heavy (non-hydrogen) atoms. The maximum Gasteiger partial charge on any atom is 0.254 e. The number of fused-ring (bicyclic) bond motifs is 1. The van der Waals surface area contributed by atoms with E-state index in [0.717, 1.165) is 74.6 Å². The van der Waals surface area contributed by atoms with Crippen LogP contribution in [-0.4, -0.2) is 67.2 Å². The molecule has 2 heterocycles. The Balaban J connectivity index is 1.36. The van der Waals surface area contributed by atoms with Crippen LogP contribution in [0.4, 0.5) is 0 Å². The Morgan fingerprint density at radius 1 is 1.09 bits per heavy atom. The first-order chi connectivity index (χ1) is 17.0. The van der Waals surface area contributed by atoms with Gasteiger partial charge in [-0.05, 0) is 76.4 Å². The van der Waals surface area contributed by atoms with Crippen molar-refractivity contribution in [3.05, 3.63) is 53.1 Å². The fourth-order valence-corrected chi connectivity index (χ4v) is 5.33. The molecular formula is C28H39N3O4. The second kappa shape index (κ2) is 11.3. The van der Waals surface area contributed by atoms with Gasteiger partial charge >= 0.3 is 0 Å². The van der Waals surface area contributed by atoms with Crippen molar-refractivity contribution in [3.8, 4) is 17.2 Å². The molecule has 1 atom stereocenters. The van der Waals surface area contributed by atoms with Crippen LogP contribution < -0.4 is 14.3 Å². The highest BCUT2D eigenvalue weighted by Crippen LogP contribution is 2.45. The molecule has 0 aliphatic carbocycles. The third-order valence-electron chi connectivity index (χ3n) is 7.58. The first-order valence-corrected chi connectivity index (χ1v) is 12.8. The van der Waals surface area contributed by atoms with Gasteiger partial charge in [0.15, 0.2) is 11.5 Å². The van der Waals surface area contributed by atoms with E-state index in [2.05, 4.69) is 29.0 Å². The van der Waals surface area contributed by atoms with E-state index in [9.17, 15) is 4.79 Å². The molecule has 1 unspecified atom stereocenters. The molecule has 0 saturated carbocycles. The number of carbonyl (C=O) groups is 1. The number of piperidine rings is 1. The van der Waals surface area contributed by atoms with E-state index in [1.54, 1.807) is 14.2 Å². The fraction of sp³-hybridized carbons (Fsp3) is 0.536. The standard InChI is InChI=1S/C28H39N3O4/c1-6-30(7-2)28(32)24-11-9-8-10-22(24)18-29-16-14-21(15-17-29)20(3)31-19-23-12-13-25(33-4)27(34-5)26(23)35-31/h8-13,20-21H,6-7,14-19H2,1-5H3. The summed E-state index contributed by atoms with van der Waals surface area (Å²) >= 11 is 0. The second-order valence-electron chi connectivity index (χ2n) is 9.44. The van der Waals surface area contributed by atoms with Gasteiger partial charge in [-0.3, -0.25) is 9.69 Å². The van der Waals surface area contributed by atoms with E-state index in [4.69, 9.17) is 14.3 Å². The van der Waals surface area contributed by atoms with Crippen LogP contribution in [0.25, 0.3) is 0 Å². The minimum atomic E-state index is 0.131. The highest BCUT2D eigenvalue weighted by molar-refractivity contribution is 5.95. The van der Waals surface area contributed by atoms with Crippen LogP contribution in [0.15, 0.2) is 36.4 Å². The largest absolute Gasteiger partial charge is 0.493 e. The number of ether oxygens (including phenoxy) is 2. The smallest absolute Gasteiger partial charge is 0.254 e. The lowest BCUT2D eigenvalue weighted by molar-refractivity contribution is -0.101. The molecule has 2 aromatic carbocycles. The molecule has 0 bridgehead atoms. The molecule has 1 amide bonds. The third-order valence-corrected chi connectivity index (χ3v) is 7.58. The summed E-state index contributed by atoms with van der Waals surface area (Å²) in [7, 11) is 3.29. The van der Waals surface area contributed by atoms with Gasteiger partial charge in [-0.2, -0.15) is 0 Å². The van der Waals surface area contributed by atoms with Crippen LogP contribution in [0.3, 0.4) is 0 Å². The first kappa shape index (κ1) is 25.3. The minimum Gasteiger partial charge on any atom is -0.493 e. The lowest BCUT2D eigenvalue weighted by atomic mass is 9.89. The number of likely N-dealkylation sites (tertiary alicyclic amines) is 1. The zero-order valence-corrected chi connectivity index (χ0v) is 21.8. The number of hydrogen-bond acceptors (Lipinski definition) is 6. The van der Waals surface area contributed by atoms with Gasteiger partial charge in [0, 0.05) is 36.8 Å². The van der Waals surface area contributed by atoms with Crippen LogP contribution in [0.5, 0.6) is 17.2 Å². The molecule has 7 nitrogen and oxygen atoms in total. The Morgan fingerprint density at radius 3 is 2.46 bits per heavy atom. The van der Waals surface area contributed by atoms with E-state index in [-0.39, 0.29) is 11.9 Å². The number of methoxy groups -OCH3 is 2. The predicted molar refractivity (Wildman–Crippen MR) is 137 cm³/mol. The van der Waals surface area contributed by atoms with Crippen molar-refractivity contribution >= 4 is 5.91 Å². The molecule has 1 saturated heterocycles. The van der Waals surface area contributed by atoms with Crippen molar-refractivity contribution in [2.24, 2.45) is 5.92 Å². The van der Waals surface area contributed by atoms with E-state index in [1.807, 2.05) is 43.0 Å². The third kappa shape index (κ3) is 5.26. The van der Waals surface area contributed by atoms with Crippen LogP contribution >= 0.6 is 0 Å². The Kier molecular flexibility index (Phi) is 8.19. The van der Waals surface area contributed by atoms with Crippen molar-refractivity contribution in [1.82, 2.24) is 14.9 Å². The average Bonchev–Trinajstić information content (AvgIpc) is 3.33. The fourth-order valence-electron chi connectivity index (χ4n) is 5.33. The summed E-state index contributed by atoms with van der Waals surface area (Å²) in [5.41, 5.74) is 3.08. The highest BCUT2D eigenvalue weighted by Gasteiger charge is 2.35. The van der Waals surface area contributed by atoms with E-state index in [0.29, 0.717) is 17.4 Å². The molecule has 0 radical (unpaired) electrons. The molecule has 2 aromatic rings. The van der Waals surface area contributed by atoms with Crippen LogP contribution in [0, 0.1) is 5.92 Å². The van der Waals surface area contributed by atoms with Gasteiger partial charge in [-0.15, -0.1) is 5.06 Å². The zero-order valence-electron chi connectivity index (χ0n) is 21.8. The molecule has 190 valence electrons. The zero-order chi connectivity index (χ0) is 24.9. The molecule has 2 aliphatic rings.